The summed E-state index contributed by atoms with van der Waals surface area (Å²) < 4.78 is 0. The van der Waals surface area contributed by atoms with E-state index in [2.05, 4.69) is 45.0 Å². The second-order valence-electron chi connectivity index (χ2n) is 6.54. The van der Waals surface area contributed by atoms with Crippen molar-refractivity contribution in [3.05, 3.63) is 42.0 Å². The number of rotatable bonds is 2. The second kappa shape index (κ2) is 6.14. The Hall–Kier alpha value is -2.17. The average molecular weight is 309 g/mol. The van der Waals surface area contributed by atoms with Crippen molar-refractivity contribution >= 4 is 11.6 Å². The Bertz CT molecular complexity index is 672. The Morgan fingerprint density at radius 2 is 1.91 bits per heavy atom. The van der Waals surface area contributed by atoms with Gasteiger partial charge in [-0.1, -0.05) is 0 Å². The van der Waals surface area contributed by atoms with E-state index in [-0.39, 0.29) is 0 Å². The molecule has 0 aromatic carbocycles. The number of aromatic nitrogens is 3. The fourth-order valence-corrected chi connectivity index (χ4v) is 3.68. The molecular weight excluding hydrogens is 286 g/mol. The van der Waals surface area contributed by atoms with Crippen LogP contribution in [-0.4, -0.2) is 40.6 Å². The Labute approximate surface area is 137 Å². The zero-order chi connectivity index (χ0) is 15.6. The smallest absolute Gasteiger partial charge is 0.225 e. The summed E-state index contributed by atoms with van der Waals surface area (Å²) >= 11 is 0. The molecule has 3 heterocycles. The molecule has 1 fully saturated rings. The zero-order valence-corrected chi connectivity index (χ0v) is 13.6. The van der Waals surface area contributed by atoms with Gasteiger partial charge in [0.05, 0.1) is 0 Å². The first-order chi connectivity index (χ1) is 11.3. The minimum Gasteiger partial charge on any atom is -0.365 e. The van der Waals surface area contributed by atoms with E-state index in [1.807, 2.05) is 12.4 Å². The van der Waals surface area contributed by atoms with Crippen LogP contribution in [0.4, 0.5) is 11.6 Å². The van der Waals surface area contributed by atoms with Crippen molar-refractivity contribution < 1.29 is 0 Å². The largest absolute Gasteiger partial charge is 0.365 e. The van der Waals surface area contributed by atoms with Crippen molar-refractivity contribution in [2.24, 2.45) is 0 Å². The lowest BCUT2D eigenvalue weighted by molar-refractivity contribution is 0.540. The van der Waals surface area contributed by atoms with Gasteiger partial charge in [-0.2, -0.15) is 0 Å². The van der Waals surface area contributed by atoms with Gasteiger partial charge in [0.1, 0.15) is 0 Å². The molecule has 1 aliphatic heterocycles. The second-order valence-corrected chi connectivity index (χ2v) is 6.54. The van der Waals surface area contributed by atoms with Gasteiger partial charge in [-0.05, 0) is 50.3 Å². The van der Waals surface area contributed by atoms with Gasteiger partial charge < -0.3 is 9.80 Å². The summed E-state index contributed by atoms with van der Waals surface area (Å²) in [5.41, 5.74) is 3.87. The highest BCUT2D eigenvalue weighted by Gasteiger charge is 2.26. The lowest BCUT2D eigenvalue weighted by atomic mass is 9.98. The molecule has 0 bridgehead atoms. The van der Waals surface area contributed by atoms with E-state index in [9.17, 15) is 0 Å². The first-order valence-corrected chi connectivity index (χ1v) is 8.57. The molecule has 5 nitrogen and oxygen atoms in total. The van der Waals surface area contributed by atoms with Crippen LogP contribution >= 0.6 is 0 Å². The van der Waals surface area contributed by atoms with Gasteiger partial charge in [-0.25, -0.2) is 9.97 Å². The van der Waals surface area contributed by atoms with Crippen molar-refractivity contribution in [2.45, 2.75) is 38.6 Å². The fourth-order valence-electron chi connectivity index (χ4n) is 3.68. The molecule has 1 saturated heterocycles. The molecule has 4 rings (SSSR count). The molecule has 2 aromatic rings. The average Bonchev–Trinajstić information content (AvgIpc) is 2.62. The normalized spacial score (nSPS) is 21.2. The van der Waals surface area contributed by atoms with E-state index in [1.165, 1.54) is 29.8 Å². The number of aryl methyl sites for hydroxylation is 2. The predicted octanol–water partition coefficient (Wildman–Crippen LogP) is 2.47. The summed E-state index contributed by atoms with van der Waals surface area (Å²) in [4.78, 5) is 18.4. The highest BCUT2D eigenvalue weighted by Crippen LogP contribution is 2.24. The van der Waals surface area contributed by atoms with Crippen LogP contribution in [-0.2, 0) is 12.8 Å². The van der Waals surface area contributed by atoms with Crippen molar-refractivity contribution in [1.82, 2.24) is 15.0 Å². The lowest BCUT2D eigenvalue weighted by Gasteiger charge is -2.41. The molecule has 0 radical (unpaired) electrons. The maximum atomic E-state index is 4.86. The Morgan fingerprint density at radius 1 is 1.09 bits per heavy atom. The lowest BCUT2D eigenvalue weighted by Crippen LogP contribution is -2.52. The number of anilines is 2. The number of fused-ring (bicyclic) bond motifs is 1. The van der Waals surface area contributed by atoms with E-state index in [0.29, 0.717) is 6.04 Å². The van der Waals surface area contributed by atoms with Crippen LogP contribution in [0.1, 0.15) is 31.0 Å². The fraction of sp³-hybridized carbons (Fsp3) is 0.500. The molecule has 5 heteroatoms. The topological polar surface area (TPSA) is 45.2 Å². The minimum absolute atomic E-state index is 0.436. The van der Waals surface area contributed by atoms with Crippen molar-refractivity contribution in [1.29, 1.82) is 0 Å². The molecule has 0 N–H and O–H groups in total. The highest BCUT2D eigenvalue weighted by atomic mass is 15.3. The highest BCUT2D eigenvalue weighted by molar-refractivity contribution is 5.48. The van der Waals surface area contributed by atoms with E-state index < -0.39 is 0 Å². The van der Waals surface area contributed by atoms with Crippen LogP contribution in [0.3, 0.4) is 0 Å². The first-order valence-electron chi connectivity index (χ1n) is 8.57. The number of hydrogen-bond acceptors (Lipinski definition) is 5. The standard InChI is InChI=1S/C18H23N5/c1-14-13-22(10-11-23(14)16-6-8-19-9-7-16)18-20-12-15-4-2-3-5-17(15)21-18/h6-9,12,14H,2-5,10-11,13H2,1H3. The van der Waals surface area contributed by atoms with Crippen LogP contribution in [0.25, 0.3) is 0 Å². The van der Waals surface area contributed by atoms with Gasteiger partial charge in [0.15, 0.2) is 0 Å². The SMILES string of the molecule is CC1CN(c2ncc3c(n2)CCCC3)CCN1c1ccncc1. The first kappa shape index (κ1) is 14.4. The summed E-state index contributed by atoms with van der Waals surface area (Å²) in [5.74, 6) is 0.909. The van der Waals surface area contributed by atoms with E-state index in [4.69, 9.17) is 4.98 Å². The van der Waals surface area contributed by atoms with Crippen LogP contribution in [0.15, 0.2) is 30.7 Å². The Balaban J connectivity index is 1.50. The molecule has 1 unspecified atom stereocenters. The van der Waals surface area contributed by atoms with Gasteiger partial charge in [0.2, 0.25) is 5.95 Å². The van der Waals surface area contributed by atoms with Crippen molar-refractivity contribution in [2.75, 3.05) is 29.4 Å². The quantitative estimate of drug-likeness (QED) is 0.853. The van der Waals surface area contributed by atoms with Crippen LogP contribution in [0.5, 0.6) is 0 Å². The van der Waals surface area contributed by atoms with Gasteiger partial charge in [0.25, 0.3) is 0 Å². The molecular formula is C18H23N5. The number of pyridine rings is 1. The predicted molar refractivity (Wildman–Crippen MR) is 91.9 cm³/mol. The molecule has 0 saturated carbocycles. The molecule has 2 aliphatic rings. The number of hydrogen-bond donors (Lipinski definition) is 0. The Kier molecular flexibility index (Phi) is 3.85. The van der Waals surface area contributed by atoms with Gasteiger partial charge >= 0.3 is 0 Å². The van der Waals surface area contributed by atoms with E-state index in [1.54, 1.807) is 0 Å². The van der Waals surface area contributed by atoms with Crippen LogP contribution in [0, 0.1) is 0 Å². The van der Waals surface area contributed by atoms with Gasteiger partial charge in [-0.15, -0.1) is 0 Å². The number of piperazine rings is 1. The third kappa shape index (κ3) is 2.87. The molecule has 120 valence electrons. The van der Waals surface area contributed by atoms with Crippen LogP contribution in [0.2, 0.25) is 0 Å². The summed E-state index contributed by atoms with van der Waals surface area (Å²) in [6.45, 7) is 5.18. The van der Waals surface area contributed by atoms with Crippen molar-refractivity contribution in [3.8, 4) is 0 Å². The van der Waals surface area contributed by atoms with Crippen molar-refractivity contribution in [3.63, 3.8) is 0 Å². The monoisotopic (exact) mass is 309 g/mol. The van der Waals surface area contributed by atoms with Gasteiger partial charge in [0, 0.05) is 55.6 Å². The summed E-state index contributed by atoms with van der Waals surface area (Å²) in [6.07, 6.45) is 10.6. The third-order valence-corrected chi connectivity index (χ3v) is 4.96. The van der Waals surface area contributed by atoms with E-state index >= 15 is 0 Å². The van der Waals surface area contributed by atoms with Gasteiger partial charge in [-0.3, -0.25) is 4.98 Å². The maximum absolute atomic E-state index is 4.86. The van der Waals surface area contributed by atoms with Crippen LogP contribution < -0.4 is 9.80 Å². The molecule has 1 atom stereocenters. The third-order valence-electron chi connectivity index (χ3n) is 4.96. The summed E-state index contributed by atoms with van der Waals surface area (Å²) in [7, 11) is 0. The Morgan fingerprint density at radius 3 is 2.74 bits per heavy atom. The molecule has 2 aromatic heterocycles. The maximum Gasteiger partial charge on any atom is 0.225 e. The number of nitrogens with zero attached hydrogens (tertiary/aromatic N) is 5. The minimum atomic E-state index is 0.436. The molecule has 23 heavy (non-hydrogen) atoms. The summed E-state index contributed by atoms with van der Waals surface area (Å²) in [5, 5.41) is 0. The summed E-state index contributed by atoms with van der Waals surface area (Å²) in [6, 6.07) is 4.61. The zero-order valence-electron chi connectivity index (χ0n) is 13.6. The molecule has 0 spiro atoms. The molecule has 1 aliphatic carbocycles. The van der Waals surface area contributed by atoms with E-state index in [0.717, 1.165) is 38.4 Å². The molecule has 0 amide bonds.